The van der Waals surface area contributed by atoms with E-state index >= 15 is 0 Å². The van der Waals surface area contributed by atoms with Crippen LogP contribution in [-0.2, 0) is 0 Å². The van der Waals surface area contributed by atoms with Crippen LogP contribution in [0.1, 0.15) is 52.9 Å². The lowest BCUT2D eigenvalue weighted by molar-refractivity contribution is -0.00447. The Morgan fingerprint density at radius 1 is 1.20 bits per heavy atom. The highest BCUT2D eigenvalue weighted by atomic mass is 16.3. The summed E-state index contributed by atoms with van der Waals surface area (Å²) < 4.78 is 0. The van der Waals surface area contributed by atoms with E-state index in [0.717, 1.165) is 31.8 Å². The highest BCUT2D eigenvalue weighted by Crippen LogP contribution is 2.30. The summed E-state index contributed by atoms with van der Waals surface area (Å²) in [6, 6.07) is 0. The standard InChI is InChI=1S/C13H27NO/c1-4-9-14(10-12-7-8-12)11-13(15,5-2)6-3/h12,15H,4-11H2,1-3H3. The molecule has 0 aromatic carbocycles. The van der Waals surface area contributed by atoms with Gasteiger partial charge in [-0.3, -0.25) is 0 Å². The summed E-state index contributed by atoms with van der Waals surface area (Å²) in [5.41, 5.74) is -0.454. The Bertz CT molecular complexity index is 173. The first-order chi connectivity index (χ1) is 7.13. The third kappa shape index (κ3) is 4.52. The van der Waals surface area contributed by atoms with E-state index in [4.69, 9.17) is 0 Å². The SMILES string of the molecule is CCCN(CC1CC1)CC(O)(CC)CC. The van der Waals surface area contributed by atoms with E-state index in [1.165, 1.54) is 25.8 Å². The maximum Gasteiger partial charge on any atom is 0.0768 e. The molecule has 0 atom stereocenters. The summed E-state index contributed by atoms with van der Waals surface area (Å²) >= 11 is 0. The van der Waals surface area contributed by atoms with Crippen molar-refractivity contribution in [1.82, 2.24) is 4.90 Å². The number of hydrogen-bond acceptors (Lipinski definition) is 2. The van der Waals surface area contributed by atoms with Gasteiger partial charge in [0.1, 0.15) is 0 Å². The van der Waals surface area contributed by atoms with Gasteiger partial charge in [0.25, 0.3) is 0 Å². The normalized spacial score (nSPS) is 17.4. The van der Waals surface area contributed by atoms with Gasteiger partial charge in [0.2, 0.25) is 0 Å². The summed E-state index contributed by atoms with van der Waals surface area (Å²) in [5, 5.41) is 10.3. The zero-order chi connectivity index (χ0) is 11.3. The molecule has 0 aliphatic heterocycles. The Labute approximate surface area is 94.7 Å². The molecule has 2 heteroatoms. The molecule has 15 heavy (non-hydrogen) atoms. The molecule has 0 heterocycles. The Kier molecular flexibility index (Phi) is 5.07. The molecular weight excluding hydrogens is 186 g/mol. The highest BCUT2D eigenvalue weighted by molar-refractivity contribution is 4.83. The van der Waals surface area contributed by atoms with Gasteiger partial charge in [0, 0.05) is 13.1 Å². The van der Waals surface area contributed by atoms with E-state index in [2.05, 4.69) is 25.7 Å². The lowest BCUT2D eigenvalue weighted by Gasteiger charge is -2.33. The first-order valence-corrected chi connectivity index (χ1v) is 6.58. The van der Waals surface area contributed by atoms with Gasteiger partial charge < -0.3 is 10.0 Å². The van der Waals surface area contributed by atoms with E-state index in [9.17, 15) is 5.11 Å². The molecule has 90 valence electrons. The fourth-order valence-electron chi connectivity index (χ4n) is 2.11. The van der Waals surface area contributed by atoms with Crippen molar-refractivity contribution in [3.8, 4) is 0 Å². The van der Waals surface area contributed by atoms with E-state index in [-0.39, 0.29) is 0 Å². The minimum atomic E-state index is -0.454. The van der Waals surface area contributed by atoms with Crippen LogP contribution in [0.2, 0.25) is 0 Å². The van der Waals surface area contributed by atoms with Crippen LogP contribution in [0.15, 0.2) is 0 Å². The summed E-state index contributed by atoms with van der Waals surface area (Å²) in [5.74, 6) is 0.925. The molecule has 0 aromatic rings. The topological polar surface area (TPSA) is 23.5 Å². The molecule has 0 unspecified atom stereocenters. The van der Waals surface area contributed by atoms with Gasteiger partial charge >= 0.3 is 0 Å². The van der Waals surface area contributed by atoms with Gasteiger partial charge in [-0.25, -0.2) is 0 Å². The minimum Gasteiger partial charge on any atom is -0.389 e. The largest absolute Gasteiger partial charge is 0.389 e. The van der Waals surface area contributed by atoms with Crippen LogP contribution >= 0.6 is 0 Å². The van der Waals surface area contributed by atoms with Gasteiger partial charge in [-0.1, -0.05) is 20.8 Å². The zero-order valence-corrected chi connectivity index (χ0v) is 10.6. The number of aliphatic hydroxyl groups is 1. The van der Waals surface area contributed by atoms with Crippen molar-refractivity contribution in [3.05, 3.63) is 0 Å². The molecule has 1 aliphatic carbocycles. The van der Waals surface area contributed by atoms with Gasteiger partial charge in [0.15, 0.2) is 0 Å². The van der Waals surface area contributed by atoms with Crippen LogP contribution in [0.5, 0.6) is 0 Å². The summed E-state index contributed by atoms with van der Waals surface area (Å²) in [6.45, 7) is 9.60. The number of hydrogen-bond donors (Lipinski definition) is 1. The van der Waals surface area contributed by atoms with E-state index in [1.807, 2.05) is 0 Å². The van der Waals surface area contributed by atoms with Crippen LogP contribution in [0.25, 0.3) is 0 Å². The molecule has 2 nitrogen and oxygen atoms in total. The van der Waals surface area contributed by atoms with Crippen molar-refractivity contribution in [2.75, 3.05) is 19.6 Å². The van der Waals surface area contributed by atoms with Gasteiger partial charge in [-0.2, -0.15) is 0 Å². The molecule has 1 saturated carbocycles. The molecule has 1 rings (SSSR count). The van der Waals surface area contributed by atoms with E-state index < -0.39 is 5.60 Å². The maximum absolute atomic E-state index is 10.3. The summed E-state index contributed by atoms with van der Waals surface area (Å²) in [7, 11) is 0. The van der Waals surface area contributed by atoms with Crippen molar-refractivity contribution >= 4 is 0 Å². The average molecular weight is 213 g/mol. The third-order valence-electron chi connectivity index (χ3n) is 3.59. The number of nitrogens with zero attached hydrogens (tertiary/aromatic N) is 1. The fraction of sp³-hybridized carbons (Fsp3) is 1.00. The second-order valence-corrected chi connectivity index (χ2v) is 5.11. The minimum absolute atomic E-state index is 0.454. The van der Waals surface area contributed by atoms with Crippen LogP contribution in [0.3, 0.4) is 0 Å². The van der Waals surface area contributed by atoms with Gasteiger partial charge in [-0.05, 0) is 44.6 Å². The molecule has 1 aliphatic rings. The average Bonchev–Trinajstić information content (AvgIpc) is 3.02. The van der Waals surface area contributed by atoms with Gasteiger partial charge in [0.05, 0.1) is 5.60 Å². The van der Waals surface area contributed by atoms with Crippen molar-refractivity contribution in [2.45, 2.75) is 58.5 Å². The first kappa shape index (κ1) is 13.0. The van der Waals surface area contributed by atoms with Gasteiger partial charge in [-0.15, -0.1) is 0 Å². The molecule has 0 spiro atoms. The lowest BCUT2D eigenvalue weighted by Crippen LogP contribution is -2.43. The Balaban J connectivity index is 2.39. The van der Waals surface area contributed by atoms with Crippen LogP contribution in [0.4, 0.5) is 0 Å². The molecular formula is C13H27NO. The maximum atomic E-state index is 10.3. The van der Waals surface area contributed by atoms with Crippen molar-refractivity contribution < 1.29 is 5.11 Å². The predicted octanol–water partition coefficient (Wildman–Crippen LogP) is 2.66. The fourth-order valence-corrected chi connectivity index (χ4v) is 2.11. The molecule has 1 N–H and O–H groups in total. The Morgan fingerprint density at radius 2 is 1.80 bits per heavy atom. The molecule has 1 fully saturated rings. The summed E-state index contributed by atoms with van der Waals surface area (Å²) in [4.78, 5) is 2.46. The summed E-state index contributed by atoms with van der Waals surface area (Å²) in [6.07, 6.45) is 5.73. The first-order valence-electron chi connectivity index (χ1n) is 6.58. The van der Waals surface area contributed by atoms with Crippen molar-refractivity contribution in [3.63, 3.8) is 0 Å². The van der Waals surface area contributed by atoms with Crippen molar-refractivity contribution in [1.29, 1.82) is 0 Å². The van der Waals surface area contributed by atoms with Crippen molar-refractivity contribution in [2.24, 2.45) is 5.92 Å². The highest BCUT2D eigenvalue weighted by Gasteiger charge is 2.29. The van der Waals surface area contributed by atoms with E-state index in [0.29, 0.717) is 0 Å². The number of rotatable bonds is 8. The monoisotopic (exact) mass is 213 g/mol. The lowest BCUT2D eigenvalue weighted by atomic mass is 9.96. The molecule has 0 radical (unpaired) electrons. The molecule has 0 aromatic heterocycles. The third-order valence-corrected chi connectivity index (χ3v) is 3.59. The van der Waals surface area contributed by atoms with Crippen LogP contribution in [0, 0.1) is 5.92 Å². The smallest absolute Gasteiger partial charge is 0.0768 e. The Hall–Kier alpha value is -0.0800. The quantitative estimate of drug-likeness (QED) is 0.670. The molecule has 0 amide bonds. The van der Waals surface area contributed by atoms with E-state index in [1.54, 1.807) is 0 Å². The zero-order valence-electron chi connectivity index (χ0n) is 10.6. The Morgan fingerprint density at radius 3 is 2.20 bits per heavy atom. The van der Waals surface area contributed by atoms with Crippen LogP contribution < -0.4 is 0 Å². The molecule has 0 bridgehead atoms. The second kappa shape index (κ2) is 5.86. The van der Waals surface area contributed by atoms with Crippen LogP contribution in [-0.4, -0.2) is 35.2 Å². The second-order valence-electron chi connectivity index (χ2n) is 5.11. The predicted molar refractivity (Wildman–Crippen MR) is 65.0 cm³/mol. The molecule has 0 saturated heterocycles.